The van der Waals surface area contributed by atoms with E-state index in [1.807, 2.05) is 54.1 Å². The second-order valence-electron chi connectivity index (χ2n) is 5.55. The Morgan fingerprint density at radius 1 is 1.09 bits per heavy atom. The van der Waals surface area contributed by atoms with Crippen LogP contribution in [0.1, 0.15) is 27.0 Å². The molecule has 116 valence electrons. The number of hydrogen-bond acceptors (Lipinski definition) is 2. The quantitative estimate of drug-likeness (QED) is 0.787. The van der Waals surface area contributed by atoms with E-state index < -0.39 is 0 Å². The third-order valence-corrected chi connectivity index (χ3v) is 3.79. The van der Waals surface area contributed by atoms with Gasteiger partial charge in [0.05, 0.1) is 6.33 Å². The Balaban J connectivity index is 1.58. The van der Waals surface area contributed by atoms with Gasteiger partial charge in [-0.25, -0.2) is 4.98 Å². The molecule has 0 fully saturated rings. The molecule has 1 heterocycles. The van der Waals surface area contributed by atoms with Crippen molar-refractivity contribution < 1.29 is 4.79 Å². The van der Waals surface area contributed by atoms with E-state index >= 15 is 0 Å². The Bertz CT molecular complexity index is 777. The molecule has 3 rings (SSSR count). The summed E-state index contributed by atoms with van der Waals surface area (Å²) < 4.78 is 2.02. The van der Waals surface area contributed by atoms with Gasteiger partial charge in [-0.1, -0.05) is 42.5 Å². The van der Waals surface area contributed by atoms with E-state index in [0.717, 1.165) is 23.2 Å². The Morgan fingerprint density at radius 3 is 2.52 bits per heavy atom. The minimum atomic E-state index is -0.0365. The van der Waals surface area contributed by atoms with Crippen molar-refractivity contribution in [1.82, 2.24) is 14.9 Å². The fraction of sp³-hybridized carbons (Fsp3) is 0.158. The zero-order valence-electron chi connectivity index (χ0n) is 13.1. The highest BCUT2D eigenvalue weighted by Crippen LogP contribution is 2.09. The summed E-state index contributed by atoms with van der Waals surface area (Å²) in [6.45, 7) is 3.27. The highest BCUT2D eigenvalue weighted by Gasteiger charge is 2.07. The fourth-order valence-corrected chi connectivity index (χ4v) is 2.46. The molecule has 0 atom stereocenters. The SMILES string of the molecule is Cc1ccccc1C(=O)NCc1ccc(Cn2ccnc2)cc1. The number of amides is 1. The van der Waals surface area contributed by atoms with Crippen molar-refractivity contribution in [2.24, 2.45) is 0 Å². The Morgan fingerprint density at radius 2 is 1.83 bits per heavy atom. The van der Waals surface area contributed by atoms with Gasteiger partial charge >= 0.3 is 0 Å². The maximum atomic E-state index is 12.2. The van der Waals surface area contributed by atoms with Gasteiger partial charge in [0.25, 0.3) is 5.91 Å². The zero-order valence-corrected chi connectivity index (χ0v) is 13.1. The predicted molar refractivity (Wildman–Crippen MR) is 90.1 cm³/mol. The maximum absolute atomic E-state index is 12.2. The van der Waals surface area contributed by atoms with E-state index in [1.54, 1.807) is 12.5 Å². The molecule has 2 aromatic carbocycles. The van der Waals surface area contributed by atoms with Gasteiger partial charge < -0.3 is 9.88 Å². The van der Waals surface area contributed by atoms with Crippen LogP contribution in [0.3, 0.4) is 0 Å². The van der Waals surface area contributed by atoms with Gasteiger partial charge in [-0.3, -0.25) is 4.79 Å². The number of hydrogen-bond donors (Lipinski definition) is 1. The van der Waals surface area contributed by atoms with Crippen LogP contribution in [-0.2, 0) is 13.1 Å². The summed E-state index contributed by atoms with van der Waals surface area (Å²) in [5, 5.41) is 2.97. The first-order chi connectivity index (χ1) is 11.2. The minimum absolute atomic E-state index is 0.0365. The first-order valence-corrected chi connectivity index (χ1v) is 7.60. The molecule has 1 aromatic heterocycles. The van der Waals surface area contributed by atoms with Crippen molar-refractivity contribution in [1.29, 1.82) is 0 Å². The van der Waals surface area contributed by atoms with E-state index in [-0.39, 0.29) is 5.91 Å². The Labute approximate surface area is 135 Å². The summed E-state index contributed by atoms with van der Waals surface area (Å²) in [7, 11) is 0. The first-order valence-electron chi connectivity index (χ1n) is 7.60. The van der Waals surface area contributed by atoms with Gasteiger partial charge in [0.15, 0.2) is 0 Å². The maximum Gasteiger partial charge on any atom is 0.251 e. The molecule has 0 aliphatic rings. The molecule has 0 spiro atoms. The van der Waals surface area contributed by atoms with E-state index in [2.05, 4.69) is 22.4 Å². The van der Waals surface area contributed by atoms with Gasteiger partial charge in [-0.2, -0.15) is 0 Å². The number of aromatic nitrogens is 2. The highest BCUT2D eigenvalue weighted by molar-refractivity contribution is 5.95. The second-order valence-corrected chi connectivity index (χ2v) is 5.55. The minimum Gasteiger partial charge on any atom is -0.348 e. The van der Waals surface area contributed by atoms with Crippen molar-refractivity contribution >= 4 is 5.91 Å². The number of benzene rings is 2. The average Bonchev–Trinajstić information content (AvgIpc) is 3.07. The third-order valence-electron chi connectivity index (χ3n) is 3.79. The first kappa shape index (κ1) is 15.0. The van der Waals surface area contributed by atoms with Gasteiger partial charge in [0.2, 0.25) is 0 Å². The number of imidazole rings is 1. The van der Waals surface area contributed by atoms with Crippen LogP contribution in [0.5, 0.6) is 0 Å². The lowest BCUT2D eigenvalue weighted by Gasteiger charge is -2.08. The number of rotatable bonds is 5. The van der Waals surface area contributed by atoms with Crippen molar-refractivity contribution in [3.63, 3.8) is 0 Å². The van der Waals surface area contributed by atoms with Crippen molar-refractivity contribution in [2.45, 2.75) is 20.0 Å². The summed E-state index contributed by atoms with van der Waals surface area (Å²) in [5.74, 6) is -0.0365. The van der Waals surface area contributed by atoms with Crippen molar-refractivity contribution in [2.75, 3.05) is 0 Å². The number of carbonyl (C=O) groups excluding carboxylic acids is 1. The lowest BCUT2D eigenvalue weighted by molar-refractivity contribution is 0.0950. The van der Waals surface area contributed by atoms with Crippen LogP contribution in [0.4, 0.5) is 0 Å². The standard InChI is InChI=1S/C19H19N3O/c1-15-4-2-3-5-18(15)19(23)21-12-16-6-8-17(9-7-16)13-22-11-10-20-14-22/h2-11,14H,12-13H2,1H3,(H,21,23). The van der Waals surface area contributed by atoms with Gasteiger partial charge in [-0.15, -0.1) is 0 Å². The lowest BCUT2D eigenvalue weighted by Crippen LogP contribution is -2.23. The topological polar surface area (TPSA) is 46.9 Å². The van der Waals surface area contributed by atoms with Crippen LogP contribution in [0.2, 0.25) is 0 Å². The summed E-state index contributed by atoms with van der Waals surface area (Å²) in [4.78, 5) is 16.2. The molecule has 0 radical (unpaired) electrons. The number of carbonyl (C=O) groups is 1. The van der Waals surface area contributed by atoms with Crippen LogP contribution in [0, 0.1) is 6.92 Å². The molecule has 23 heavy (non-hydrogen) atoms. The van der Waals surface area contributed by atoms with Crippen molar-refractivity contribution in [3.8, 4) is 0 Å². The van der Waals surface area contributed by atoms with Crippen LogP contribution in [0.25, 0.3) is 0 Å². The molecule has 1 amide bonds. The molecule has 3 aromatic rings. The summed E-state index contributed by atoms with van der Waals surface area (Å²) in [6.07, 6.45) is 5.52. The molecule has 4 nitrogen and oxygen atoms in total. The normalized spacial score (nSPS) is 10.5. The van der Waals surface area contributed by atoms with Gasteiger partial charge in [0.1, 0.15) is 0 Å². The molecule has 4 heteroatoms. The summed E-state index contributed by atoms with van der Waals surface area (Å²) >= 11 is 0. The number of nitrogens with zero attached hydrogens (tertiary/aromatic N) is 2. The summed E-state index contributed by atoms with van der Waals surface area (Å²) in [6, 6.07) is 15.9. The second kappa shape index (κ2) is 6.92. The molecule has 0 saturated heterocycles. The third kappa shape index (κ3) is 3.86. The smallest absolute Gasteiger partial charge is 0.251 e. The average molecular weight is 305 g/mol. The molecule has 0 aliphatic carbocycles. The zero-order chi connectivity index (χ0) is 16.1. The molecular formula is C19H19N3O. The van der Waals surface area contributed by atoms with Crippen molar-refractivity contribution in [3.05, 3.63) is 89.5 Å². The van der Waals surface area contributed by atoms with Gasteiger partial charge in [-0.05, 0) is 29.7 Å². The number of nitrogens with one attached hydrogen (secondary N) is 1. The van der Waals surface area contributed by atoms with E-state index in [0.29, 0.717) is 6.54 Å². The molecular weight excluding hydrogens is 286 g/mol. The predicted octanol–water partition coefficient (Wildman–Crippen LogP) is 3.17. The Hall–Kier alpha value is -2.88. The van der Waals surface area contributed by atoms with Crippen LogP contribution >= 0.6 is 0 Å². The highest BCUT2D eigenvalue weighted by atomic mass is 16.1. The molecule has 1 N–H and O–H groups in total. The molecule has 0 bridgehead atoms. The van der Waals surface area contributed by atoms with E-state index in [1.165, 1.54) is 5.56 Å². The largest absolute Gasteiger partial charge is 0.348 e. The molecule has 0 unspecified atom stereocenters. The Kier molecular flexibility index (Phi) is 4.52. The van der Waals surface area contributed by atoms with Gasteiger partial charge in [0, 0.05) is 31.0 Å². The summed E-state index contributed by atoms with van der Waals surface area (Å²) in [5.41, 5.74) is 4.00. The lowest BCUT2D eigenvalue weighted by atomic mass is 10.1. The van der Waals surface area contributed by atoms with E-state index in [9.17, 15) is 4.79 Å². The molecule has 0 saturated carbocycles. The van der Waals surface area contributed by atoms with Crippen LogP contribution in [-0.4, -0.2) is 15.5 Å². The van der Waals surface area contributed by atoms with Crippen LogP contribution in [0.15, 0.2) is 67.3 Å². The van der Waals surface area contributed by atoms with E-state index in [4.69, 9.17) is 0 Å². The van der Waals surface area contributed by atoms with Crippen LogP contribution < -0.4 is 5.32 Å². The monoisotopic (exact) mass is 305 g/mol. The fourth-order valence-electron chi connectivity index (χ4n) is 2.46. The number of aryl methyl sites for hydroxylation is 1. The molecule has 0 aliphatic heterocycles.